The van der Waals surface area contributed by atoms with Crippen LogP contribution in [0.4, 0.5) is 0 Å². The Balaban J connectivity index is 0.000000101. The van der Waals surface area contributed by atoms with Gasteiger partial charge in [0.1, 0.15) is 11.6 Å². The van der Waals surface area contributed by atoms with E-state index in [1.54, 1.807) is 0 Å². The second-order valence-corrected chi connectivity index (χ2v) is 6.09. The molecule has 2 nitrogen and oxygen atoms in total. The number of carbonyl (C=O) groups excluding carboxylic acids is 2. The molecule has 0 saturated heterocycles. The maximum Gasteiger partial charge on any atom is 0.136 e. The molecule has 0 radical (unpaired) electrons. The van der Waals surface area contributed by atoms with E-state index in [1.165, 1.54) is 38.5 Å². The Kier molecular flexibility index (Phi) is 2.61. The van der Waals surface area contributed by atoms with Crippen molar-refractivity contribution in [1.82, 2.24) is 0 Å². The largest absolute Gasteiger partial charge is 0.299 e. The van der Waals surface area contributed by atoms with Gasteiger partial charge in [0.25, 0.3) is 0 Å². The van der Waals surface area contributed by atoms with Crippen LogP contribution >= 0.6 is 0 Å². The van der Waals surface area contributed by atoms with Crippen molar-refractivity contribution in [3.63, 3.8) is 0 Å². The van der Waals surface area contributed by atoms with Crippen LogP contribution in [0.5, 0.6) is 0 Å². The molecule has 2 unspecified atom stereocenters. The normalized spacial score (nSPS) is 43.8. The van der Waals surface area contributed by atoms with Crippen LogP contribution in [-0.2, 0) is 9.59 Å². The zero-order chi connectivity index (χ0) is 11.1. The Morgan fingerprint density at radius 1 is 0.688 bits per heavy atom. The van der Waals surface area contributed by atoms with Crippen molar-refractivity contribution < 1.29 is 9.59 Å². The van der Waals surface area contributed by atoms with Crippen molar-refractivity contribution in [2.24, 2.45) is 23.7 Å². The average molecular weight is 220 g/mol. The van der Waals surface area contributed by atoms with Crippen LogP contribution in [-0.4, -0.2) is 11.6 Å². The predicted octanol–water partition coefficient (Wildman–Crippen LogP) is 2.75. The second-order valence-electron chi connectivity index (χ2n) is 6.09. The molecule has 4 saturated carbocycles. The molecular weight excluding hydrogens is 200 g/mol. The number of hydrogen-bond acceptors (Lipinski definition) is 2. The van der Waals surface area contributed by atoms with Crippen LogP contribution < -0.4 is 0 Å². The molecule has 0 aromatic rings. The fourth-order valence-corrected chi connectivity index (χ4v) is 4.01. The second kappa shape index (κ2) is 3.97. The quantitative estimate of drug-likeness (QED) is 0.629. The number of rotatable bonds is 0. The first-order chi connectivity index (χ1) is 7.72. The van der Waals surface area contributed by atoms with Gasteiger partial charge in [0, 0.05) is 24.7 Å². The first-order valence-electron chi connectivity index (χ1n) is 6.78. The monoisotopic (exact) mass is 220 g/mol. The molecule has 2 heteroatoms. The smallest absolute Gasteiger partial charge is 0.136 e. The van der Waals surface area contributed by atoms with Crippen molar-refractivity contribution in [1.29, 1.82) is 0 Å². The molecule has 0 heterocycles. The van der Waals surface area contributed by atoms with Crippen LogP contribution in [0, 0.1) is 23.7 Å². The lowest BCUT2D eigenvalue weighted by Crippen LogP contribution is -2.07. The lowest BCUT2D eigenvalue weighted by molar-refractivity contribution is -0.122. The summed E-state index contributed by atoms with van der Waals surface area (Å²) < 4.78 is 0. The van der Waals surface area contributed by atoms with Crippen LogP contribution in [0.15, 0.2) is 0 Å². The maximum atomic E-state index is 10.8. The summed E-state index contributed by atoms with van der Waals surface area (Å²) in [6.07, 6.45) is 9.31. The molecule has 4 atom stereocenters. The maximum absolute atomic E-state index is 10.8. The van der Waals surface area contributed by atoms with Crippen molar-refractivity contribution >= 4 is 11.6 Å². The van der Waals surface area contributed by atoms with Gasteiger partial charge in [0.15, 0.2) is 0 Å². The highest BCUT2D eigenvalue weighted by Crippen LogP contribution is 2.42. The summed E-state index contributed by atoms with van der Waals surface area (Å²) >= 11 is 0. The molecule has 0 aromatic carbocycles. The fourth-order valence-electron chi connectivity index (χ4n) is 4.01. The third-order valence-electron chi connectivity index (χ3n) is 4.97. The molecular formula is C14H20O2. The summed E-state index contributed by atoms with van der Waals surface area (Å²) in [4.78, 5) is 21.7. The molecule has 0 aliphatic heterocycles. The summed E-state index contributed by atoms with van der Waals surface area (Å²) in [7, 11) is 0. The lowest BCUT2D eigenvalue weighted by atomic mass is 10.00. The van der Waals surface area contributed by atoms with E-state index in [0.717, 1.165) is 24.7 Å². The van der Waals surface area contributed by atoms with E-state index in [-0.39, 0.29) is 0 Å². The van der Waals surface area contributed by atoms with E-state index in [2.05, 4.69) is 0 Å². The van der Waals surface area contributed by atoms with Crippen molar-refractivity contribution in [3.8, 4) is 0 Å². The Hall–Kier alpha value is -0.660. The Bertz CT molecular complexity index is 289. The molecule has 4 aliphatic carbocycles. The van der Waals surface area contributed by atoms with E-state index < -0.39 is 0 Å². The number of fused-ring (bicyclic) bond motifs is 4. The molecule has 4 rings (SSSR count). The average Bonchev–Trinajstić information content (AvgIpc) is 2.94. The zero-order valence-electron chi connectivity index (χ0n) is 9.78. The number of hydrogen-bond donors (Lipinski definition) is 0. The highest BCUT2D eigenvalue weighted by Gasteiger charge is 2.38. The van der Waals surface area contributed by atoms with E-state index in [4.69, 9.17) is 0 Å². The summed E-state index contributed by atoms with van der Waals surface area (Å²) in [5, 5.41) is 0. The van der Waals surface area contributed by atoms with Crippen LogP contribution in [0.3, 0.4) is 0 Å². The minimum Gasteiger partial charge on any atom is -0.299 e. The molecule has 0 amide bonds. The molecule has 4 bridgehead atoms. The number of ketones is 2. The van der Waals surface area contributed by atoms with E-state index in [9.17, 15) is 9.59 Å². The van der Waals surface area contributed by atoms with Gasteiger partial charge in [-0.3, -0.25) is 9.59 Å². The SMILES string of the molecule is O=C1CC2CCC1C2.O=C1C[C@@H]2CC[C@H]1C2. The highest BCUT2D eigenvalue weighted by atomic mass is 16.1. The van der Waals surface area contributed by atoms with Gasteiger partial charge in [-0.2, -0.15) is 0 Å². The van der Waals surface area contributed by atoms with Gasteiger partial charge in [-0.25, -0.2) is 0 Å². The van der Waals surface area contributed by atoms with Gasteiger partial charge in [-0.05, 0) is 50.4 Å². The standard InChI is InChI=1S/2C7H10O/c2*8-7-4-5-1-2-6(7)3-5/h2*5-6H,1-4H2/t5-,6+;/m1./s1. The van der Waals surface area contributed by atoms with Gasteiger partial charge in [-0.15, -0.1) is 0 Å². The Morgan fingerprint density at radius 3 is 1.25 bits per heavy atom. The van der Waals surface area contributed by atoms with Gasteiger partial charge < -0.3 is 0 Å². The number of carbonyl (C=O) groups is 2. The molecule has 4 fully saturated rings. The third kappa shape index (κ3) is 1.83. The minimum atomic E-state index is 0.500. The minimum absolute atomic E-state index is 0.500. The van der Waals surface area contributed by atoms with Crippen LogP contribution in [0.25, 0.3) is 0 Å². The van der Waals surface area contributed by atoms with E-state index in [1.807, 2.05) is 0 Å². The Labute approximate surface area is 96.8 Å². The van der Waals surface area contributed by atoms with Crippen molar-refractivity contribution in [2.45, 2.75) is 51.4 Å². The molecule has 4 aliphatic rings. The number of Topliss-reactive ketones (excluding diaryl/α,β-unsaturated/α-hetero) is 2. The first kappa shape index (κ1) is 10.5. The predicted molar refractivity (Wildman–Crippen MR) is 60.9 cm³/mol. The van der Waals surface area contributed by atoms with E-state index >= 15 is 0 Å². The van der Waals surface area contributed by atoms with Crippen molar-refractivity contribution in [2.75, 3.05) is 0 Å². The summed E-state index contributed by atoms with van der Waals surface area (Å²) in [6, 6.07) is 0. The Morgan fingerprint density at radius 2 is 1.12 bits per heavy atom. The molecule has 0 spiro atoms. The molecule has 0 aromatic heterocycles. The van der Waals surface area contributed by atoms with E-state index in [0.29, 0.717) is 23.4 Å². The highest BCUT2D eigenvalue weighted by molar-refractivity contribution is 5.84. The van der Waals surface area contributed by atoms with Crippen LogP contribution in [0.1, 0.15) is 51.4 Å². The van der Waals surface area contributed by atoms with Crippen molar-refractivity contribution in [3.05, 3.63) is 0 Å². The van der Waals surface area contributed by atoms with Gasteiger partial charge >= 0.3 is 0 Å². The summed E-state index contributed by atoms with van der Waals surface area (Å²) in [5.74, 6) is 3.68. The summed E-state index contributed by atoms with van der Waals surface area (Å²) in [6.45, 7) is 0. The molecule has 0 N–H and O–H groups in total. The third-order valence-corrected chi connectivity index (χ3v) is 4.97. The van der Waals surface area contributed by atoms with Gasteiger partial charge in [0.05, 0.1) is 0 Å². The fraction of sp³-hybridized carbons (Fsp3) is 0.857. The first-order valence-corrected chi connectivity index (χ1v) is 6.78. The summed E-state index contributed by atoms with van der Waals surface area (Å²) in [5.41, 5.74) is 0. The topological polar surface area (TPSA) is 34.1 Å². The zero-order valence-corrected chi connectivity index (χ0v) is 9.78. The van der Waals surface area contributed by atoms with Gasteiger partial charge in [-0.1, -0.05) is 0 Å². The molecule has 88 valence electrons. The molecule has 16 heavy (non-hydrogen) atoms. The lowest BCUT2D eigenvalue weighted by Gasteiger charge is -2.04. The van der Waals surface area contributed by atoms with Gasteiger partial charge in [0.2, 0.25) is 0 Å². The van der Waals surface area contributed by atoms with Crippen LogP contribution in [0.2, 0.25) is 0 Å².